The lowest BCUT2D eigenvalue weighted by Crippen LogP contribution is -2.52. The zero-order chi connectivity index (χ0) is 28.7. The Balaban J connectivity index is 2.09. The minimum absolute atomic E-state index is 0.0419. The number of anilines is 1. The first-order chi connectivity index (χ1) is 18.5. The van der Waals surface area contributed by atoms with Crippen LogP contribution in [0.15, 0.2) is 76.1 Å². The Kier molecular flexibility index (Phi) is 10.8. The molecule has 0 heterocycles. The van der Waals surface area contributed by atoms with Gasteiger partial charge >= 0.3 is 0 Å². The van der Waals surface area contributed by atoms with E-state index in [1.807, 2.05) is 6.92 Å². The third-order valence-corrected chi connectivity index (χ3v) is 9.15. The number of likely N-dealkylation sites (N-methyl/N-ethyl adjacent to an activating group) is 1. The summed E-state index contributed by atoms with van der Waals surface area (Å²) in [5, 5.41) is 3.44. The van der Waals surface area contributed by atoms with Crippen LogP contribution in [0.4, 0.5) is 5.69 Å². The number of nitrogens with zero attached hydrogens (tertiary/aromatic N) is 2. The van der Waals surface area contributed by atoms with Crippen LogP contribution in [0.2, 0.25) is 10.0 Å². The third-order valence-electron chi connectivity index (χ3n) is 6.13. The first-order valence-electron chi connectivity index (χ1n) is 12.3. The second-order valence-corrected chi connectivity index (χ2v) is 12.4. The molecule has 3 aromatic carbocycles. The summed E-state index contributed by atoms with van der Waals surface area (Å²) in [6, 6.07) is 17.1. The van der Waals surface area contributed by atoms with Gasteiger partial charge in [-0.1, -0.05) is 69.8 Å². The number of sulfonamides is 1. The second kappa shape index (κ2) is 13.7. The van der Waals surface area contributed by atoms with E-state index in [1.54, 1.807) is 68.4 Å². The Labute approximate surface area is 248 Å². The predicted octanol–water partition coefficient (Wildman–Crippen LogP) is 6.20. The molecule has 0 aliphatic rings. The molecule has 0 bridgehead atoms. The van der Waals surface area contributed by atoms with E-state index in [4.69, 9.17) is 23.2 Å². The molecule has 7 nitrogen and oxygen atoms in total. The monoisotopic (exact) mass is 653 g/mol. The Morgan fingerprint density at radius 2 is 1.54 bits per heavy atom. The van der Waals surface area contributed by atoms with Crippen molar-refractivity contribution in [1.29, 1.82) is 0 Å². The zero-order valence-corrected chi connectivity index (χ0v) is 25.7. The number of carbonyl (C=O) groups is 2. The van der Waals surface area contributed by atoms with Crippen molar-refractivity contribution < 1.29 is 18.0 Å². The highest BCUT2D eigenvalue weighted by molar-refractivity contribution is 9.10. The van der Waals surface area contributed by atoms with Crippen molar-refractivity contribution in [2.24, 2.45) is 0 Å². The van der Waals surface area contributed by atoms with Crippen LogP contribution < -0.4 is 9.62 Å². The van der Waals surface area contributed by atoms with Gasteiger partial charge in [0.05, 0.1) is 10.6 Å². The van der Waals surface area contributed by atoms with Gasteiger partial charge in [0, 0.05) is 33.2 Å². The molecule has 3 aromatic rings. The summed E-state index contributed by atoms with van der Waals surface area (Å²) in [4.78, 5) is 28.4. The highest BCUT2D eigenvalue weighted by atomic mass is 79.9. The maximum absolute atomic E-state index is 14.0. The Morgan fingerprint density at radius 1 is 0.949 bits per heavy atom. The van der Waals surface area contributed by atoms with Crippen LogP contribution in [0.3, 0.4) is 0 Å². The van der Waals surface area contributed by atoms with Gasteiger partial charge in [0.2, 0.25) is 11.8 Å². The predicted molar refractivity (Wildman–Crippen MR) is 160 cm³/mol. The molecule has 0 unspecified atom stereocenters. The van der Waals surface area contributed by atoms with E-state index in [0.717, 1.165) is 14.3 Å². The smallest absolute Gasteiger partial charge is 0.264 e. The van der Waals surface area contributed by atoms with E-state index in [2.05, 4.69) is 21.2 Å². The molecule has 0 aromatic heterocycles. The molecule has 11 heteroatoms. The number of benzene rings is 3. The minimum Gasteiger partial charge on any atom is -0.355 e. The zero-order valence-electron chi connectivity index (χ0n) is 21.8. The maximum atomic E-state index is 14.0. The van der Waals surface area contributed by atoms with E-state index in [1.165, 1.54) is 17.0 Å². The van der Waals surface area contributed by atoms with E-state index in [9.17, 15) is 18.0 Å². The van der Waals surface area contributed by atoms with Gasteiger partial charge in [-0.3, -0.25) is 13.9 Å². The Bertz CT molecular complexity index is 1400. The van der Waals surface area contributed by atoms with Gasteiger partial charge in [0.25, 0.3) is 10.0 Å². The van der Waals surface area contributed by atoms with Gasteiger partial charge in [0.1, 0.15) is 12.6 Å². The van der Waals surface area contributed by atoms with Crippen LogP contribution in [0, 0.1) is 6.92 Å². The van der Waals surface area contributed by atoms with Crippen LogP contribution in [0.5, 0.6) is 0 Å². The van der Waals surface area contributed by atoms with Gasteiger partial charge in [-0.2, -0.15) is 0 Å². The standard InChI is InChI=1S/C28H30BrCl2N3O4S/c1-4-26(28(36)32-5-2)33(17-23-24(30)7-6-8-25(23)31)27(35)18-34(21-13-11-20(29)12-14-21)39(37,38)22-15-9-19(3)10-16-22/h6-16,26H,4-5,17-18H2,1-3H3,(H,32,36)/t26-/m1/s1. The summed E-state index contributed by atoms with van der Waals surface area (Å²) in [6.45, 7) is 5.17. The molecule has 2 amide bonds. The normalized spacial score (nSPS) is 12.1. The van der Waals surface area contributed by atoms with Crippen molar-refractivity contribution in [3.63, 3.8) is 0 Å². The summed E-state index contributed by atoms with van der Waals surface area (Å²) in [7, 11) is -4.15. The molecule has 39 heavy (non-hydrogen) atoms. The van der Waals surface area contributed by atoms with E-state index >= 15 is 0 Å². The van der Waals surface area contributed by atoms with Gasteiger partial charge in [-0.25, -0.2) is 8.42 Å². The molecule has 0 fully saturated rings. The lowest BCUT2D eigenvalue weighted by molar-refractivity contribution is -0.140. The van der Waals surface area contributed by atoms with Crippen LogP contribution in [0.25, 0.3) is 0 Å². The average molecular weight is 655 g/mol. The van der Waals surface area contributed by atoms with E-state index < -0.39 is 28.5 Å². The summed E-state index contributed by atoms with van der Waals surface area (Å²) < 4.78 is 29.5. The molecule has 0 radical (unpaired) electrons. The Hall–Kier alpha value is -2.59. The SMILES string of the molecule is CCNC(=O)[C@@H](CC)N(Cc1c(Cl)cccc1Cl)C(=O)CN(c1ccc(Br)cc1)S(=O)(=O)c1ccc(C)cc1. The van der Waals surface area contributed by atoms with Crippen molar-refractivity contribution in [3.8, 4) is 0 Å². The topological polar surface area (TPSA) is 86.8 Å². The highest BCUT2D eigenvalue weighted by Crippen LogP contribution is 2.29. The fraction of sp³-hybridized carbons (Fsp3) is 0.286. The summed E-state index contributed by atoms with van der Waals surface area (Å²) in [5.74, 6) is -0.934. The third kappa shape index (κ3) is 7.54. The largest absolute Gasteiger partial charge is 0.355 e. The fourth-order valence-electron chi connectivity index (χ4n) is 4.04. The van der Waals surface area contributed by atoms with Gasteiger partial charge in [-0.05, 0) is 68.8 Å². The second-order valence-electron chi connectivity index (χ2n) is 8.84. The van der Waals surface area contributed by atoms with Gasteiger partial charge in [-0.15, -0.1) is 0 Å². The molecule has 0 aliphatic carbocycles. The molecule has 0 saturated carbocycles. The van der Waals surface area contributed by atoms with Crippen molar-refractivity contribution in [2.75, 3.05) is 17.4 Å². The number of nitrogens with one attached hydrogen (secondary N) is 1. The number of hydrogen-bond acceptors (Lipinski definition) is 4. The molecule has 1 atom stereocenters. The number of carbonyl (C=O) groups excluding carboxylic acids is 2. The number of rotatable bonds is 11. The molecule has 0 saturated heterocycles. The number of amides is 2. The van der Waals surface area contributed by atoms with Crippen LogP contribution in [-0.4, -0.2) is 44.3 Å². The minimum atomic E-state index is -4.15. The number of halogens is 3. The molecule has 3 rings (SSSR count). The number of hydrogen-bond donors (Lipinski definition) is 1. The lowest BCUT2D eigenvalue weighted by atomic mass is 10.1. The first-order valence-corrected chi connectivity index (χ1v) is 15.3. The van der Waals surface area contributed by atoms with Crippen LogP contribution in [-0.2, 0) is 26.2 Å². The average Bonchev–Trinajstić information content (AvgIpc) is 2.89. The Morgan fingerprint density at radius 3 is 2.08 bits per heavy atom. The molecular weight excluding hydrogens is 625 g/mol. The molecule has 0 aliphatic heterocycles. The lowest BCUT2D eigenvalue weighted by Gasteiger charge is -2.33. The van der Waals surface area contributed by atoms with Gasteiger partial charge in [0.15, 0.2) is 0 Å². The van der Waals surface area contributed by atoms with Gasteiger partial charge < -0.3 is 10.2 Å². The first kappa shape index (κ1) is 30.9. The molecule has 0 spiro atoms. The number of aryl methyl sites for hydroxylation is 1. The molecular formula is C28H30BrCl2N3O4S. The van der Waals surface area contributed by atoms with Crippen molar-refractivity contribution in [2.45, 2.75) is 44.7 Å². The summed E-state index contributed by atoms with van der Waals surface area (Å²) in [5.41, 5.74) is 1.66. The quantitative estimate of drug-likeness (QED) is 0.267. The van der Waals surface area contributed by atoms with Crippen molar-refractivity contribution in [3.05, 3.63) is 92.4 Å². The maximum Gasteiger partial charge on any atom is 0.264 e. The fourth-order valence-corrected chi connectivity index (χ4v) is 6.23. The molecule has 208 valence electrons. The van der Waals surface area contributed by atoms with Crippen LogP contribution >= 0.6 is 39.1 Å². The van der Waals surface area contributed by atoms with Crippen LogP contribution in [0.1, 0.15) is 31.4 Å². The summed E-state index contributed by atoms with van der Waals surface area (Å²) in [6.07, 6.45) is 0.294. The van der Waals surface area contributed by atoms with E-state index in [0.29, 0.717) is 34.3 Å². The highest BCUT2D eigenvalue weighted by Gasteiger charge is 2.34. The summed E-state index contributed by atoms with van der Waals surface area (Å²) >= 11 is 16.2. The molecule has 1 N–H and O–H groups in total. The van der Waals surface area contributed by atoms with E-state index in [-0.39, 0.29) is 17.3 Å². The van der Waals surface area contributed by atoms with Crippen molar-refractivity contribution in [1.82, 2.24) is 10.2 Å². The van der Waals surface area contributed by atoms with Crippen molar-refractivity contribution >= 4 is 66.7 Å².